The molecule has 0 radical (unpaired) electrons. The molecule has 2 aliphatic rings. The highest BCUT2D eigenvalue weighted by Gasteiger charge is 2.23. The van der Waals surface area contributed by atoms with Crippen molar-refractivity contribution in [3.05, 3.63) is 0 Å². The van der Waals surface area contributed by atoms with Crippen molar-refractivity contribution < 1.29 is 0 Å². The van der Waals surface area contributed by atoms with E-state index >= 15 is 0 Å². The fraction of sp³-hybridized carbons (Fsp3) is 0.952. The first-order valence-corrected chi connectivity index (χ1v) is 11.0. The first kappa shape index (κ1) is 25.0. The summed E-state index contributed by atoms with van der Waals surface area (Å²) in [6.07, 6.45) is 9.45. The van der Waals surface area contributed by atoms with Gasteiger partial charge in [-0.2, -0.15) is 0 Å². The quantitative estimate of drug-likeness (QED) is 0.324. The van der Waals surface area contributed by atoms with Crippen molar-refractivity contribution in [3.63, 3.8) is 0 Å². The van der Waals surface area contributed by atoms with Gasteiger partial charge in [-0.1, -0.05) is 26.7 Å². The number of nitrogens with one attached hydrogen (secondary N) is 2. The van der Waals surface area contributed by atoms with Crippen LogP contribution in [0.5, 0.6) is 0 Å². The molecule has 6 heteroatoms. The molecule has 1 unspecified atom stereocenters. The van der Waals surface area contributed by atoms with Gasteiger partial charge in [-0.25, -0.2) is 0 Å². The molecule has 0 amide bonds. The average molecular weight is 494 g/mol. The van der Waals surface area contributed by atoms with E-state index in [2.05, 4.69) is 46.3 Å². The van der Waals surface area contributed by atoms with Crippen LogP contribution in [0, 0.1) is 11.8 Å². The van der Waals surface area contributed by atoms with Gasteiger partial charge in [-0.15, -0.1) is 24.0 Å². The Labute approximate surface area is 185 Å². The lowest BCUT2D eigenvalue weighted by molar-refractivity contribution is 0.161. The summed E-state index contributed by atoms with van der Waals surface area (Å²) >= 11 is 0. The summed E-state index contributed by atoms with van der Waals surface area (Å²) in [7, 11) is 4.12. The maximum Gasteiger partial charge on any atom is 0.191 e. The van der Waals surface area contributed by atoms with E-state index in [0.29, 0.717) is 12.0 Å². The Morgan fingerprint density at radius 1 is 1.00 bits per heavy atom. The van der Waals surface area contributed by atoms with Crippen molar-refractivity contribution in [1.82, 2.24) is 20.4 Å². The first-order valence-electron chi connectivity index (χ1n) is 11.0. The van der Waals surface area contributed by atoms with Gasteiger partial charge in [0.2, 0.25) is 0 Å². The van der Waals surface area contributed by atoms with Crippen LogP contribution in [0.15, 0.2) is 4.99 Å². The zero-order valence-electron chi connectivity index (χ0n) is 18.2. The zero-order valence-corrected chi connectivity index (χ0v) is 20.5. The molecule has 27 heavy (non-hydrogen) atoms. The van der Waals surface area contributed by atoms with Crippen molar-refractivity contribution >= 4 is 29.9 Å². The minimum absolute atomic E-state index is 0. The van der Waals surface area contributed by atoms with Crippen LogP contribution in [0.4, 0.5) is 0 Å². The Morgan fingerprint density at radius 3 is 2.19 bits per heavy atom. The van der Waals surface area contributed by atoms with Gasteiger partial charge in [0.25, 0.3) is 0 Å². The van der Waals surface area contributed by atoms with E-state index in [9.17, 15) is 0 Å². The van der Waals surface area contributed by atoms with E-state index in [1.165, 1.54) is 71.1 Å². The Kier molecular flexibility index (Phi) is 12.9. The summed E-state index contributed by atoms with van der Waals surface area (Å²) in [5.41, 5.74) is 0. The molecule has 5 nitrogen and oxygen atoms in total. The van der Waals surface area contributed by atoms with Crippen LogP contribution in [-0.4, -0.2) is 75.2 Å². The molecular weight excluding hydrogens is 449 g/mol. The van der Waals surface area contributed by atoms with Crippen molar-refractivity contribution in [1.29, 1.82) is 0 Å². The summed E-state index contributed by atoms with van der Waals surface area (Å²) in [5.74, 6) is 2.51. The highest BCUT2D eigenvalue weighted by atomic mass is 127. The Hall–Kier alpha value is -0.0800. The molecule has 0 aromatic heterocycles. The number of rotatable bonds is 7. The highest BCUT2D eigenvalue weighted by Crippen LogP contribution is 2.19. The van der Waals surface area contributed by atoms with Crippen molar-refractivity contribution in [2.24, 2.45) is 16.8 Å². The van der Waals surface area contributed by atoms with Crippen LogP contribution < -0.4 is 10.6 Å². The number of hydrogen-bond acceptors (Lipinski definition) is 3. The van der Waals surface area contributed by atoms with Crippen molar-refractivity contribution in [2.45, 2.75) is 64.8 Å². The molecule has 2 N–H and O–H groups in total. The molecular formula is C21H44IN5. The molecule has 2 fully saturated rings. The van der Waals surface area contributed by atoms with E-state index in [4.69, 9.17) is 0 Å². The number of aliphatic imine (C=N–C) groups is 1. The molecule has 160 valence electrons. The van der Waals surface area contributed by atoms with E-state index in [1.54, 1.807) is 0 Å². The number of hydrogen-bond donors (Lipinski definition) is 2. The number of halogens is 1. The number of nitrogens with zero attached hydrogens (tertiary/aromatic N) is 3. The minimum atomic E-state index is 0. The topological polar surface area (TPSA) is 42.9 Å². The summed E-state index contributed by atoms with van der Waals surface area (Å²) in [4.78, 5) is 9.59. The Balaban J connectivity index is 0.00000364. The number of guanidine groups is 1. The van der Waals surface area contributed by atoms with Gasteiger partial charge in [0, 0.05) is 26.2 Å². The SMILES string of the molecule is CN=C(NCCC1CCN(C)CC1)NCC(C(C)C)N1CCCCCC1.I. The predicted octanol–water partition coefficient (Wildman–Crippen LogP) is 3.40. The lowest BCUT2D eigenvalue weighted by Crippen LogP contribution is -2.50. The van der Waals surface area contributed by atoms with Gasteiger partial charge in [0.05, 0.1) is 0 Å². The second-order valence-corrected chi connectivity index (χ2v) is 8.68. The highest BCUT2D eigenvalue weighted by molar-refractivity contribution is 14.0. The third-order valence-electron chi connectivity index (χ3n) is 6.26. The molecule has 0 aromatic carbocycles. The predicted molar refractivity (Wildman–Crippen MR) is 128 cm³/mol. The normalized spacial score (nSPS) is 22.2. The van der Waals surface area contributed by atoms with Gasteiger partial charge < -0.3 is 15.5 Å². The van der Waals surface area contributed by atoms with Crippen molar-refractivity contribution in [2.75, 3.05) is 53.4 Å². The molecule has 0 bridgehead atoms. The molecule has 2 saturated heterocycles. The van der Waals surface area contributed by atoms with Gasteiger partial charge in [0.15, 0.2) is 5.96 Å². The Morgan fingerprint density at radius 2 is 1.63 bits per heavy atom. The monoisotopic (exact) mass is 493 g/mol. The van der Waals surface area contributed by atoms with Gasteiger partial charge in [-0.3, -0.25) is 9.89 Å². The lowest BCUT2D eigenvalue weighted by atomic mass is 9.94. The Bertz CT molecular complexity index is 399. The molecule has 0 aromatic rings. The molecule has 2 aliphatic heterocycles. The first-order chi connectivity index (χ1) is 12.6. The fourth-order valence-corrected chi connectivity index (χ4v) is 4.38. The smallest absolute Gasteiger partial charge is 0.191 e. The summed E-state index contributed by atoms with van der Waals surface area (Å²) in [6.45, 7) is 11.8. The van der Waals surface area contributed by atoms with Crippen LogP contribution in [0.1, 0.15) is 58.8 Å². The fourth-order valence-electron chi connectivity index (χ4n) is 4.38. The molecule has 0 spiro atoms. The average Bonchev–Trinajstić information content (AvgIpc) is 2.91. The molecule has 1 atom stereocenters. The molecule has 2 rings (SSSR count). The second kappa shape index (κ2) is 14.0. The van der Waals surface area contributed by atoms with E-state index in [1.807, 2.05) is 7.05 Å². The molecule has 0 aliphatic carbocycles. The third kappa shape index (κ3) is 9.31. The number of piperidine rings is 1. The maximum atomic E-state index is 4.45. The zero-order chi connectivity index (χ0) is 18.8. The van der Waals surface area contributed by atoms with E-state index in [-0.39, 0.29) is 24.0 Å². The summed E-state index contributed by atoms with van der Waals surface area (Å²) in [6, 6.07) is 0.598. The van der Waals surface area contributed by atoms with Crippen LogP contribution >= 0.6 is 24.0 Å². The third-order valence-corrected chi connectivity index (χ3v) is 6.26. The lowest BCUT2D eigenvalue weighted by Gasteiger charge is -2.34. The van der Waals surface area contributed by atoms with E-state index < -0.39 is 0 Å². The van der Waals surface area contributed by atoms with Crippen molar-refractivity contribution in [3.8, 4) is 0 Å². The molecule has 2 heterocycles. The van der Waals surface area contributed by atoms with Gasteiger partial charge in [0.1, 0.15) is 0 Å². The van der Waals surface area contributed by atoms with Crippen LogP contribution in [0.2, 0.25) is 0 Å². The van der Waals surface area contributed by atoms with Crippen LogP contribution in [0.25, 0.3) is 0 Å². The number of likely N-dealkylation sites (tertiary alicyclic amines) is 2. The standard InChI is InChI=1S/C21H43N5.HI/c1-18(2)20(26-13-7-5-6-8-14-26)17-24-21(22-3)23-12-9-19-10-15-25(4)16-11-19;/h18-20H,5-17H2,1-4H3,(H2,22,23,24);1H. The summed E-state index contributed by atoms with van der Waals surface area (Å²) in [5, 5.41) is 7.15. The maximum absolute atomic E-state index is 4.45. The largest absolute Gasteiger partial charge is 0.356 e. The van der Waals surface area contributed by atoms with Gasteiger partial charge >= 0.3 is 0 Å². The van der Waals surface area contributed by atoms with Crippen LogP contribution in [-0.2, 0) is 0 Å². The van der Waals surface area contributed by atoms with Gasteiger partial charge in [-0.05, 0) is 77.2 Å². The van der Waals surface area contributed by atoms with Crippen LogP contribution in [0.3, 0.4) is 0 Å². The van der Waals surface area contributed by atoms with E-state index in [0.717, 1.165) is 25.0 Å². The minimum Gasteiger partial charge on any atom is -0.356 e. The summed E-state index contributed by atoms with van der Waals surface area (Å²) < 4.78 is 0. The second-order valence-electron chi connectivity index (χ2n) is 8.68. The molecule has 0 saturated carbocycles.